The van der Waals surface area contributed by atoms with E-state index in [1.807, 2.05) is 35.8 Å². The standard InChI is InChI=1S/C12H12N2O2/c1-9(12(16)14-13)11(15)8-7-10-5-3-2-4-6-10/h2-8H,1,13H2,(H,14,16). The van der Waals surface area contributed by atoms with Crippen LogP contribution in [0.5, 0.6) is 0 Å². The van der Waals surface area contributed by atoms with Gasteiger partial charge in [0.05, 0.1) is 5.57 Å². The minimum absolute atomic E-state index is 0.185. The summed E-state index contributed by atoms with van der Waals surface area (Å²) in [5.41, 5.74) is 2.54. The van der Waals surface area contributed by atoms with Crippen LogP contribution in [0.4, 0.5) is 0 Å². The smallest absolute Gasteiger partial charge is 0.268 e. The van der Waals surface area contributed by atoms with Crippen LogP contribution in [-0.4, -0.2) is 11.7 Å². The van der Waals surface area contributed by atoms with Gasteiger partial charge in [0.25, 0.3) is 5.91 Å². The summed E-state index contributed by atoms with van der Waals surface area (Å²) in [6.45, 7) is 3.34. The van der Waals surface area contributed by atoms with Crippen molar-refractivity contribution in [2.45, 2.75) is 0 Å². The van der Waals surface area contributed by atoms with E-state index in [1.165, 1.54) is 6.08 Å². The molecule has 16 heavy (non-hydrogen) atoms. The second-order valence-corrected chi connectivity index (χ2v) is 3.06. The average Bonchev–Trinajstić information content (AvgIpc) is 2.35. The number of benzene rings is 1. The summed E-state index contributed by atoms with van der Waals surface area (Å²) in [5, 5.41) is 0. The minimum Gasteiger partial charge on any atom is -0.290 e. The summed E-state index contributed by atoms with van der Waals surface area (Å²) < 4.78 is 0. The van der Waals surface area contributed by atoms with Crippen molar-refractivity contribution in [3.05, 3.63) is 54.1 Å². The first-order chi connectivity index (χ1) is 7.65. The fraction of sp³-hybridized carbons (Fsp3) is 0. The number of nitrogens with one attached hydrogen (secondary N) is 1. The quantitative estimate of drug-likeness (QED) is 0.195. The fourth-order valence-electron chi connectivity index (χ4n) is 1.04. The van der Waals surface area contributed by atoms with Crippen LogP contribution < -0.4 is 11.3 Å². The molecule has 1 aromatic carbocycles. The van der Waals surface area contributed by atoms with E-state index < -0.39 is 11.7 Å². The molecule has 82 valence electrons. The Bertz CT molecular complexity index is 436. The highest BCUT2D eigenvalue weighted by Crippen LogP contribution is 2.03. The topological polar surface area (TPSA) is 72.2 Å². The van der Waals surface area contributed by atoms with Gasteiger partial charge in [0, 0.05) is 0 Å². The third-order valence-electron chi connectivity index (χ3n) is 1.93. The monoisotopic (exact) mass is 216 g/mol. The SMILES string of the molecule is C=C(C(=O)C=Cc1ccccc1)C(=O)NN. The molecule has 0 radical (unpaired) electrons. The maximum Gasteiger partial charge on any atom is 0.268 e. The molecule has 4 nitrogen and oxygen atoms in total. The van der Waals surface area contributed by atoms with E-state index in [1.54, 1.807) is 6.08 Å². The van der Waals surface area contributed by atoms with Crippen LogP contribution in [-0.2, 0) is 9.59 Å². The van der Waals surface area contributed by atoms with Crippen LogP contribution in [0.3, 0.4) is 0 Å². The maximum absolute atomic E-state index is 11.4. The molecule has 4 heteroatoms. The molecule has 0 unspecified atom stereocenters. The van der Waals surface area contributed by atoms with Crippen LogP contribution >= 0.6 is 0 Å². The van der Waals surface area contributed by atoms with Crippen LogP contribution in [0.1, 0.15) is 5.56 Å². The van der Waals surface area contributed by atoms with E-state index in [4.69, 9.17) is 5.84 Å². The highest BCUT2D eigenvalue weighted by Gasteiger charge is 2.10. The Labute approximate surface area is 93.4 Å². The number of rotatable bonds is 4. The highest BCUT2D eigenvalue weighted by atomic mass is 16.2. The molecule has 0 aliphatic rings. The lowest BCUT2D eigenvalue weighted by atomic mass is 10.1. The Balaban J connectivity index is 2.69. The Morgan fingerprint density at radius 1 is 1.25 bits per heavy atom. The lowest BCUT2D eigenvalue weighted by Crippen LogP contribution is -2.33. The van der Waals surface area contributed by atoms with E-state index in [0.717, 1.165) is 5.56 Å². The molecular weight excluding hydrogens is 204 g/mol. The second kappa shape index (κ2) is 5.63. The molecule has 1 aromatic rings. The molecule has 3 N–H and O–H groups in total. The molecule has 0 spiro atoms. The third kappa shape index (κ3) is 3.18. The first-order valence-corrected chi connectivity index (χ1v) is 4.62. The van der Waals surface area contributed by atoms with E-state index in [2.05, 4.69) is 6.58 Å². The van der Waals surface area contributed by atoms with Gasteiger partial charge in [-0.15, -0.1) is 0 Å². The first-order valence-electron chi connectivity index (χ1n) is 4.62. The Morgan fingerprint density at radius 3 is 2.44 bits per heavy atom. The zero-order chi connectivity index (χ0) is 12.0. The van der Waals surface area contributed by atoms with E-state index in [-0.39, 0.29) is 5.57 Å². The van der Waals surface area contributed by atoms with Crippen LogP contribution in [0.25, 0.3) is 6.08 Å². The van der Waals surface area contributed by atoms with Crippen molar-refractivity contribution in [2.75, 3.05) is 0 Å². The third-order valence-corrected chi connectivity index (χ3v) is 1.93. The van der Waals surface area contributed by atoms with Gasteiger partial charge in [0.15, 0.2) is 5.78 Å². The molecule has 0 bridgehead atoms. The van der Waals surface area contributed by atoms with Crippen LogP contribution in [0.15, 0.2) is 48.6 Å². The number of hydrogen-bond donors (Lipinski definition) is 2. The van der Waals surface area contributed by atoms with Gasteiger partial charge in [-0.25, -0.2) is 5.84 Å². The van der Waals surface area contributed by atoms with E-state index in [9.17, 15) is 9.59 Å². The van der Waals surface area contributed by atoms with Gasteiger partial charge in [-0.2, -0.15) is 0 Å². The fourth-order valence-corrected chi connectivity index (χ4v) is 1.04. The Kier molecular flexibility index (Phi) is 4.17. The molecular formula is C12H12N2O2. The molecule has 0 aromatic heterocycles. The summed E-state index contributed by atoms with van der Waals surface area (Å²) in [5.74, 6) is 3.74. The number of amides is 1. The lowest BCUT2D eigenvalue weighted by Gasteiger charge is -1.98. The average molecular weight is 216 g/mol. The van der Waals surface area contributed by atoms with Gasteiger partial charge < -0.3 is 0 Å². The van der Waals surface area contributed by atoms with Gasteiger partial charge in [-0.05, 0) is 11.6 Å². The molecule has 0 atom stereocenters. The van der Waals surface area contributed by atoms with Crippen molar-refractivity contribution >= 4 is 17.8 Å². The molecule has 0 saturated carbocycles. The molecule has 0 saturated heterocycles. The number of nitrogens with two attached hydrogens (primary N) is 1. The summed E-state index contributed by atoms with van der Waals surface area (Å²) in [4.78, 5) is 22.4. The summed E-state index contributed by atoms with van der Waals surface area (Å²) in [7, 11) is 0. The molecule has 0 aliphatic heterocycles. The number of carbonyl (C=O) groups excluding carboxylic acids is 2. The van der Waals surface area contributed by atoms with Crippen LogP contribution in [0, 0.1) is 0 Å². The number of carbonyl (C=O) groups is 2. The summed E-state index contributed by atoms with van der Waals surface area (Å²) in [6, 6.07) is 9.27. The van der Waals surface area contributed by atoms with Crippen molar-refractivity contribution in [1.82, 2.24) is 5.43 Å². The predicted molar refractivity (Wildman–Crippen MR) is 62.0 cm³/mol. The van der Waals surface area contributed by atoms with Crippen molar-refractivity contribution in [3.63, 3.8) is 0 Å². The zero-order valence-corrected chi connectivity index (χ0v) is 8.64. The molecule has 0 heterocycles. The van der Waals surface area contributed by atoms with Crippen molar-refractivity contribution in [3.8, 4) is 0 Å². The summed E-state index contributed by atoms with van der Waals surface area (Å²) >= 11 is 0. The van der Waals surface area contributed by atoms with Crippen molar-refractivity contribution < 1.29 is 9.59 Å². The Hall–Kier alpha value is -2.20. The van der Waals surface area contributed by atoms with Crippen molar-refractivity contribution in [2.24, 2.45) is 5.84 Å². The largest absolute Gasteiger partial charge is 0.290 e. The lowest BCUT2D eigenvalue weighted by molar-refractivity contribution is -0.120. The number of allylic oxidation sites excluding steroid dienone is 1. The van der Waals surface area contributed by atoms with Gasteiger partial charge in [-0.3, -0.25) is 15.0 Å². The van der Waals surface area contributed by atoms with Gasteiger partial charge in [-0.1, -0.05) is 43.0 Å². The van der Waals surface area contributed by atoms with Crippen LogP contribution in [0.2, 0.25) is 0 Å². The maximum atomic E-state index is 11.4. The van der Waals surface area contributed by atoms with Gasteiger partial charge in [0.1, 0.15) is 0 Å². The van der Waals surface area contributed by atoms with E-state index >= 15 is 0 Å². The minimum atomic E-state index is -0.678. The summed E-state index contributed by atoms with van der Waals surface area (Å²) in [6.07, 6.45) is 2.89. The van der Waals surface area contributed by atoms with E-state index in [0.29, 0.717) is 0 Å². The predicted octanol–water partition coefficient (Wildman–Crippen LogP) is 0.815. The van der Waals surface area contributed by atoms with Crippen molar-refractivity contribution in [1.29, 1.82) is 0 Å². The normalized spacial score (nSPS) is 10.1. The first kappa shape index (κ1) is 11.9. The molecule has 1 rings (SSSR count). The molecule has 0 aliphatic carbocycles. The number of hydrazine groups is 1. The highest BCUT2D eigenvalue weighted by molar-refractivity contribution is 6.23. The zero-order valence-electron chi connectivity index (χ0n) is 8.64. The second-order valence-electron chi connectivity index (χ2n) is 3.06. The van der Waals surface area contributed by atoms with Gasteiger partial charge >= 0.3 is 0 Å². The number of ketones is 1. The molecule has 1 amide bonds. The number of hydrogen-bond acceptors (Lipinski definition) is 3. The Morgan fingerprint density at radius 2 is 1.88 bits per heavy atom. The molecule has 0 fully saturated rings. The van der Waals surface area contributed by atoms with Gasteiger partial charge in [0.2, 0.25) is 0 Å².